The lowest BCUT2D eigenvalue weighted by Crippen LogP contribution is -2.24. The van der Waals surface area contributed by atoms with Gasteiger partial charge in [-0.15, -0.1) is 0 Å². The molecule has 0 aliphatic heterocycles. The number of nitrogens with zero attached hydrogens (tertiary/aromatic N) is 3. The summed E-state index contributed by atoms with van der Waals surface area (Å²) in [5, 5.41) is 10.1. The van der Waals surface area contributed by atoms with E-state index in [1.165, 1.54) is 18.7 Å². The monoisotopic (exact) mass is 384 g/mol. The van der Waals surface area contributed by atoms with Crippen molar-refractivity contribution in [3.05, 3.63) is 45.9 Å². The molecule has 0 aliphatic rings. The Morgan fingerprint density at radius 1 is 1.30 bits per heavy atom. The first-order chi connectivity index (χ1) is 13.0. The van der Waals surface area contributed by atoms with Crippen LogP contribution in [0.3, 0.4) is 0 Å². The van der Waals surface area contributed by atoms with Gasteiger partial charge in [0.2, 0.25) is 0 Å². The van der Waals surface area contributed by atoms with Crippen LogP contribution in [0, 0.1) is 11.3 Å². The zero-order chi connectivity index (χ0) is 19.8. The van der Waals surface area contributed by atoms with E-state index in [-0.39, 0.29) is 28.4 Å². The maximum atomic E-state index is 12.9. The first kappa shape index (κ1) is 20.7. The van der Waals surface area contributed by atoms with Gasteiger partial charge in [0.1, 0.15) is 11.6 Å². The van der Waals surface area contributed by atoms with E-state index in [1.807, 2.05) is 18.2 Å². The molecule has 0 fully saturated rings. The highest BCUT2D eigenvalue weighted by Crippen LogP contribution is 2.20. The smallest absolute Gasteiger partial charge is 0.262 e. The quantitative estimate of drug-likeness (QED) is 0.234. The van der Waals surface area contributed by atoms with Gasteiger partial charge in [-0.05, 0) is 25.5 Å². The van der Waals surface area contributed by atoms with Crippen molar-refractivity contribution in [2.45, 2.75) is 51.2 Å². The summed E-state index contributed by atoms with van der Waals surface area (Å²) in [6, 6.07) is 9.04. The van der Waals surface area contributed by atoms with Gasteiger partial charge in [0.05, 0.1) is 16.7 Å². The molecule has 0 atom stereocenters. The predicted octanol–water partition coefficient (Wildman–Crippen LogP) is 3.39. The Hall–Kier alpha value is -2.59. The number of thioether (sulfide) groups is 1. The summed E-state index contributed by atoms with van der Waals surface area (Å²) in [5.74, 6) is -0.348. The van der Waals surface area contributed by atoms with Crippen molar-refractivity contribution in [2.24, 2.45) is 5.73 Å². The third-order valence-corrected chi connectivity index (χ3v) is 5.16. The molecule has 1 aromatic heterocycles. The van der Waals surface area contributed by atoms with Crippen LogP contribution in [-0.4, -0.2) is 21.1 Å². The summed E-state index contributed by atoms with van der Waals surface area (Å²) in [4.78, 5) is 29.7. The van der Waals surface area contributed by atoms with Crippen molar-refractivity contribution in [1.82, 2.24) is 9.55 Å². The number of rotatable bonds is 9. The topological polar surface area (TPSA) is 102 Å². The minimum Gasteiger partial charge on any atom is -0.401 e. The van der Waals surface area contributed by atoms with E-state index in [4.69, 9.17) is 11.0 Å². The highest BCUT2D eigenvalue weighted by molar-refractivity contribution is 7.99. The van der Waals surface area contributed by atoms with Crippen molar-refractivity contribution >= 4 is 28.4 Å². The first-order valence-corrected chi connectivity index (χ1v) is 10.00. The van der Waals surface area contributed by atoms with Crippen LogP contribution in [0.1, 0.15) is 39.5 Å². The van der Waals surface area contributed by atoms with Crippen LogP contribution in [-0.2, 0) is 11.3 Å². The fraction of sp³-hybridized carbons (Fsp3) is 0.400. The van der Waals surface area contributed by atoms with E-state index in [2.05, 4.69) is 11.9 Å². The summed E-state index contributed by atoms with van der Waals surface area (Å²) in [5.41, 5.74) is 6.26. The first-order valence-electron chi connectivity index (χ1n) is 9.01. The van der Waals surface area contributed by atoms with Crippen molar-refractivity contribution in [1.29, 1.82) is 5.26 Å². The highest BCUT2D eigenvalue weighted by atomic mass is 32.2. The van der Waals surface area contributed by atoms with Gasteiger partial charge in [0.15, 0.2) is 10.9 Å². The molecule has 1 aromatic carbocycles. The number of allylic oxidation sites excluding steroid dienone is 2. The number of nitriles is 1. The lowest BCUT2D eigenvalue weighted by Gasteiger charge is -2.13. The Morgan fingerprint density at radius 3 is 2.70 bits per heavy atom. The number of hydrogen-bond donors (Lipinski definition) is 1. The molecular weight excluding hydrogens is 360 g/mol. The molecule has 2 rings (SSSR count). The maximum absolute atomic E-state index is 12.9. The van der Waals surface area contributed by atoms with Gasteiger partial charge in [0, 0.05) is 12.2 Å². The van der Waals surface area contributed by atoms with Crippen LogP contribution >= 0.6 is 11.8 Å². The molecular formula is C20H24N4O2S. The number of unbranched alkanes of at least 4 members (excludes halogenated alkanes) is 3. The fourth-order valence-corrected chi connectivity index (χ4v) is 3.62. The van der Waals surface area contributed by atoms with Gasteiger partial charge >= 0.3 is 0 Å². The number of ketones is 1. The standard InChI is InChI=1S/C20H24N4O2S/c1-3-4-5-8-11-24-19(26)15-9-6-7-10-17(15)23-20(24)27-13-18(25)16(12-21)14(2)22/h6-7,9-10H,3-5,8,11,13,22H2,1-2H3. The van der Waals surface area contributed by atoms with Crippen LogP contribution in [0.2, 0.25) is 0 Å². The number of Topliss-reactive ketones (excluding diaryl/α,β-unsaturated/α-hetero) is 1. The molecule has 0 aliphatic carbocycles. The second-order valence-corrected chi connectivity index (χ2v) is 7.25. The molecule has 2 N–H and O–H groups in total. The van der Waals surface area contributed by atoms with E-state index < -0.39 is 0 Å². The van der Waals surface area contributed by atoms with Gasteiger partial charge in [0.25, 0.3) is 5.56 Å². The van der Waals surface area contributed by atoms with Crippen LogP contribution in [0.15, 0.2) is 45.5 Å². The number of nitrogens with two attached hydrogens (primary N) is 1. The Kier molecular flexibility index (Phi) is 7.62. The minimum atomic E-state index is -0.359. The number of aromatic nitrogens is 2. The summed E-state index contributed by atoms with van der Waals surface area (Å²) < 4.78 is 1.64. The van der Waals surface area contributed by atoms with Crippen molar-refractivity contribution in [3.63, 3.8) is 0 Å². The lowest BCUT2D eigenvalue weighted by atomic mass is 10.2. The zero-order valence-electron chi connectivity index (χ0n) is 15.7. The predicted molar refractivity (Wildman–Crippen MR) is 108 cm³/mol. The molecule has 2 aromatic rings. The van der Waals surface area contributed by atoms with E-state index in [0.717, 1.165) is 25.7 Å². The molecule has 0 radical (unpaired) electrons. The summed E-state index contributed by atoms with van der Waals surface area (Å²) in [6.07, 6.45) is 4.14. The molecule has 6 nitrogen and oxygen atoms in total. The summed E-state index contributed by atoms with van der Waals surface area (Å²) >= 11 is 1.17. The average Bonchev–Trinajstić information content (AvgIpc) is 2.65. The molecule has 0 saturated heterocycles. The van der Waals surface area contributed by atoms with Crippen LogP contribution in [0.4, 0.5) is 0 Å². The molecule has 142 valence electrons. The minimum absolute atomic E-state index is 0.0111. The van der Waals surface area contributed by atoms with Crippen molar-refractivity contribution < 1.29 is 4.79 Å². The second kappa shape index (κ2) is 9.93. The van der Waals surface area contributed by atoms with Gasteiger partial charge in [-0.25, -0.2) is 4.98 Å². The maximum Gasteiger partial charge on any atom is 0.262 e. The molecule has 0 unspecified atom stereocenters. The van der Waals surface area contributed by atoms with E-state index >= 15 is 0 Å². The van der Waals surface area contributed by atoms with Gasteiger partial charge in [-0.1, -0.05) is 50.1 Å². The van der Waals surface area contributed by atoms with Crippen LogP contribution in [0.25, 0.3) is 10.9 Å². The largest absolute Gasteiger partial charge is 0.401 e. The Bertz CT molecular complexity index is 953. The Morgan fingerprint density at radius 2 is 2.04 bits per heavy atom. The number of fused-ring (bicyclic) bond motifs is 1. The van der Waals surface area contributed by atoms with Crippen LogP contribution < -0.4 is 11.3 Å². The Labute approximate surface area is 163 Å². The molecule has 7 heteroatoms. The third kappa shape index (κ3) is 5.20. The van der Waals surface area contributed by atoms with Gasteiger partial charge in [-0.2, -0.15) is 5.26 Å². The SMILES string of the molecule is CCCCCCn1c(SCC(=O)C(C#N)=C(C)N)nc2ccccc2c1=O. The average molecular weight is 385 g/mol. The van der Waals surface area contributed by atoms with Gasteiger partial charge < -0.3 is 5.73 Å². The highest BCUT2D eigenvalue weighted by Gasteiger charge is 2.16. The number of carbonyl (C=O) groups is 1. The number of carbonyl (C=O) groups excluding carboxylic acids is 1. The molecule has 0 amide bonds. The van der Waals surface area contributed by atoms with E-state index in [1.54, 1.807) is 16.7 Å². The van der Waals surface area contributed by atoms with Crippen molar-refractivity contribution in [2.75, 3.05) is 5.75 Å². The molecule has 0 saturated carbocycles. The molecule has 0 bridgehead atoms. The van der Waals surface area contributed by atoms with Crippen LogP contribution in [0.5, 0.6) is 0 Å². The zero-order valence-corrected chi connectivity index (χ0v) is 16.5. The molecule has 27 heavy (non-hydrogen) atoms. The molecule has 1 heterocycles. The second-order valence-electron chi connectivity index (χ2n) is 6.31. The van der Waals surface area contributed by atoms with E-state index in [9.17, 15) is 9.59 Å². The lowest BCUT2D eigenvalue weighted by molar-refractivity contribution is -0.112. The normalized spacial score (nSPS) is 11.9. The number of benzene rings is 1. The van der Waals surface area contributed by atoms with Gasteiger partial charge in [-0.3, -0.25) is 14.2 Å². The summed E-state index contributed by atoms with van der Waals surface area (Å²) in [7, 11) is 0. The fourth-order valence-electron chi connectivity index (χ4n) is 2.72. The third-order valence-electron chi connectivity index (χ3n) is 4.18. The summed E-state index contributed by atoms with van der Waals surface area (Å²) in [6.45, 7) is 4.22. The Balaban J connectivity index is 2.33. The van der Waals surface area contributed by atoms with Crippen molar-refractivity contribution in [3.8, 4) is 6.07 Å². The van der Waals surface area contributed by atoms with E-state index in [0.29, 0.717) is 22.6 Å². The number of hydrogen-bond acceptors (Lipinski definition) is 6. The molecule has 0 spiro atoms. The number of para-hydroxylation sites is 1.